The number of rotatable bonds is 8. The number of carbonyl (C=O) groups is 1. The molecule has 0 bridgehead atoms. The van der Waals surface area contributed by atoms with Gasteiger partial charge in [-0.25, -0.2) is 0 Å². The van der Waals surface area contributed by atoms with E-state index in [1.54, 1.807) is 0 Å². The fraction of sp³-hybridized carbons (Fsp3) is 0.929. The number of carbonyl (C=O) groups excluding carboxylic acids is 1. The van der Waals surface area contributed by atoms with E-state index in [9.17, 15) is 4.79 Å². The van der Waals surface area contributed by atoms with Crippen LogP contribution in [0.15, 0.2) is 0 Å². The zero-order valence-electron chi connectivity index (χ0n) is 12.1. The van der Waals surface area contributed by atoms with Crippen molar-refractivity contribution in [3.05, 3.63) is 0 Å². The van der Waals surface area contributed by atoms with E-state index in [0.29, 0.717) is 19.8 Å². The van der Waals surface area contributed by atoms with Crippen LogP contribution in [0.4, 0.5) is 0 Å². The second-order valence-corrected chi connectivity index (χ2v) is 4.94. The highest BCUT2D eigenvalue weighted by Crippen LogP contribution is 2.27. The monoisotopic (exact) mass is 256 g/mol. The molecule has 0 spiro atoms. The third-order valence-electron chi connectivity index (χ3n) is 3.71. The first-order valence-electron chi connectivity index (χ1n) is 7.32. The first kappa shape index (κ1) is 15.4. The molecule has 18 heavy (non-hydrogen) atoms. The zero-order valence-corrected chi connectivity index (χ0v) is 12.1. The van der Waals surface area contributed by atoms with Crippen LogP contribution >= 0.6 is 0 Å². The van der Waals surface area contributed by atoms with Crippen molar-refractivity contribution >= 4 is 5.91 Å². The zero-order chi connectivity index (χ0) is 13.4. The van der Waals surface area contributed by atoms with E-state index in [-0.39, 0.29) is 11.4 Å². The van der Waals surface area contributed by atoms with Crippen LogP contribution < -0.4 is 5.32 Å². The van der Waals surface area contributed by atoms with Gasteiger partial charge in [0.1, 0.15) is 0 Å². The second-order valence-electron chi connectivity index (χ2n) is 4.94. The smallest absolute Gasteiger partial charge is 0.242 e. The fourth-order valence-electron chi connectivity index (χ4n) is 2.76. The maximum absolute atomic E-state index is 12.7. The highest BCUT2D eigenvalue weighted by Gasteiger charge is 2.41. The molecule has 1 atom stereocenters. The Balaban J connectivity index is 2.61. The Kier molecular flexibility index (Phi) is 6.65. The highest BCUT2D eigenvalue weighted by molar-refractivity contribution is 5.86. The van der Waals surface area contributed by atoms with Gasteiger partial charge >= 0.3 is 0 Å². The lowest BCUT2D eigenvalue weighted by molar-refractivity contribution is -0.138. The molecule has 4 heteroatoms. The van der Waals surface area contributed by atoms with Crippen LogP contribution in [0.3, 0.4) is 0 Å². The minimum Gasteiger partial charge on any atom is -0.380 e. The third-order valence-corrected chi connectivity index (χ3v) is 3.71. The van der Waals surface area contributed by atoms with Crippen LogP contribution in [-0.4, -0.2) is 49.2 Å². The van der Waals surface area contributed by atoms with Crippen LogP contribution in [0.2, 0.25) is 0 Å². The van der Waals surface area contributed by atoms with E-state index in [1.807, 2.05) is 18.7 Å². The molecule has 106 valence electrons. The van der Waals surface area contributed by atoms with Gasteiger partial charge in [0, 0.05) is 19.7 Å². The van der Waals surface area contributed by atoms with Crippen molar-refractivity contribution in [2.45, 2.75) is 52.0 Å². The Morgan fingerprint density at radius 3 is 2.67 bits per heavy atom. The maximum Gasteiger partial charge on any atom is 0.242 e. The number of likely N-dealkylation sites (N-methyl/N-ethyl adjacent to an activating group) is 1. The van der Waals surface area contributed by atoms with E-state index >= 15 is 0 Å². The number of nitrogens with zero attached hydrogens (tertiary/aromatic N) is 1. The number of ether oxygens (including phenoxy) is 1. The van der Waals surface area contributed by atoms with E-state index in [0.717, 1.165) is 38.8 Å². The molecule has 1 unspecified atom stereocenters. The normalized spacial score (nSPS) is 23.3. The lowest BCUT2D eigenvalue weighted by atomic mass is 9.90. The van der Waals surface area contributed by atoms with Gasteiger partial charge in [0.25, 0.3) is 0 Å². The summed E-state index contributed by atoms with van der Waals surface area (Å²) in [5, 5.41) is 3.44. The predicted octanol–water partition coefficient (Wildman–Crippen LogP) is 1.79. The molecule has 0 radical (unpaired) electrons. The van der Waals surface area contributed by atoms with E-state index in [2.05, 4.69) is 12.2 Å². The Morgan fingerprint density at radius 2 is 2.17 bits per heavy atom. The van der Waals surface area contributed by atoms with Crippen molar-refractivity contribution in [2.24, 2.45) is 0 Å². The van der Waals surface area contributed by atoms with Gasteiger partial charge in [0.05, 0.1) is 12.1 Å². The van der Waals surface area contributed by atoms with Crippen LogP contribution in [0.1, 0.15) is 46.5 Å². The molecule has 1 amide bonds. The van der Waals surface area contributed by atoms with Crippen molar-refractivity contribution in [3.63, 3.8) is 0 Å². The summed E-state index contributed by atoms with van der Waals surface area (Å²) in [6.45, 7) is 9.95. The topological polar surface area (TPSA) is 41.6 Å². The van der Waals surface area contributed by atoms with Crippen molar-refractivity contribution in [3.8, 4) is 0 Å². The first-order chi connectivity index (χ1) is 8.70. The Bertz CT molecular complexity index is 250. The van der Waals surface area contributed by atoms with Gasteiger partial charge < -0.3 is 15.0 Å². The Hall–Kier alpha value is -0.610. The molecule has 0 aliphatic carbocycles. The van der Waals surface area contributed by atoms with Crippen molar-refractivity contribution < 1.29 is 9.53 Å². The molecular formula is C14H28N2O2. The van der Waals surface area contributed by atoms with Crippen LogP contribution in [0.5, 0.6) is 0 Å². The largest absolute Gasteiger partial charge is 0.380 e. The molecule has 1 rings (SSSR count). The molecule has 1 heterocycles. The molecule has 1 saturated heterocycles. The molecule has 0 saturated carbocycles. The standard InChI is InChI=1S/C14H28N2O2/c1-4-8-14(9-7-10-15-14)13(17)16(5-2)11-12-18-6-3/h15H,4-12H2,1-3H3. The van der Waals surface area contributed by atoms with E-state index < -0.39 is 0 Å². The Morgan fingerprint density at radius 1 is 1.39 bits per heavy atom. The minimum atomic E-state index is -0.295. The van der Waals surface area contributed by atoms with Crippen molar-refractivity contribution in [2.75, 3.05) is 32.8 Å². The van der Waals surface area contributed by atoms with Crippen LogP contribution in [0.25, 0.3) is 0 Å². The maximum atomic E-state index is 12.7. The average Bonchev–Trinajstić information content (AvgIpc) is 2.84. The van der Waals surface area contributed by atoms with E-state index in [4.69, 9.17) is 4.74 Å². The van der Waals surface area contributed by atoms with Gasteiger partial charge in [-0.2, -0.15) is 0 Å². The van der Waals surface area contributed by atoms with Gasteiger partial charge in [0.2, 0.25) is 5.91 Å². The second kappa shape index (κ2) is 7.74. The molecule has 0 aromatic heterocycles. The summed E-state index contributed by atoms with van der Waals surface area (Å²) in [6.07, 6.45) is 4.07. The molecule has 4 nitrogen and oxygen atoms in total. The summed E-state index contributed by atoms with van der Waals surface area (Å²) in [4.78, 5) is 14.6. The number of hydrogen-bond donors (Lipinski definition) is 1. The molecule has 1 N–H and O–H groups in total. The van der Waals surface area contributed by atoms with Crippen molar-refractivity contribution in [1.29, 1.82) is 0 Å². The summed E-state index contributed by atoms with van der Waals surface area (Å²) >= 11 is 0. The quantitative estimate of drug-likeness (QED) is 0.673. The van der Waals surface area contributed by atoms with Gasteiger partial charge in [-0.15, -0.1) is 0 Å². The van der Waals surface area contributed by atoms with Crippen LogP contribution in [-0.2, 0) is 9.53 Å². The summed E-state index contributed by atoms with van der Waals surface area (Å²) in [5.41, 5.74) is -0.295. The molecule has 0 aromatic carbocycles. The fourth-order valence-corrected chi connectivity index (χ4v) is 2.76. The lowest BCUT2D eigenvalue weighted by Gasteiger charge is -2.34. The third kappa shape index (κ3) is 3.69. The SMILES string of the molecule is CCCC1(C(=O)N(CC)CCOCC)CCCN1. The van der Waals surface area contributed by atoms with Gasteiger partial charge in [-0.3, -0.25) is 4.79 Å². The van der Waals surface area contributed by atoms with Gasteiger partial charge in [0.15, 0.2) is 0 Å². The Labute approximate surface area is 111 Å². The van der Waals surface area contributed by atoms with E-state index in [1.165, 1.54) is 0 Å². The summed E-state index contributed by atoms with van der Waals surface area (Å²) in [7, 11) is 0. The first-order valence-corrected chi connectivity index (χ1v) is 7.32. The number of nitrogens with one attached hydrogen (secondary N) is 1. The molecule has 1 aliphatic rings. The highest BCUT2D eigenvalue weighted by atomic mass is 16.5. The number of amides is 1. The average molecular weight is 256 g/mol. The predicted molar refractivity (Wildman–Crippen MR) is 73.6 cm³/mol. The molecule has 0 aromatic rings. The number of hydrogen-bond acceptors (Lipinski definition) is 3. The van der Waals surface area contributed by atoms with Gasteiger partial charge in [-0.05, 0) is 39.7 Å². The van der Waals surface area contributed by atoms with Crippen molar-refractivity contribution in [1.82, 2.24) is 10.2 Å². The lowest BCUT2D eigenvalue weighted by Crippen LogP contribution is -2.55. The molecule has 1 fully saturated rings. The summed E-state index contributed by atoms with van der Waals surface area (Å²) in [5.74, 6) is 0.268. The van der Waals surface area contributed by atoms with Crippen LogP contribution in [0, 0.1) is 0 Å². The minimum absolute atomic E-state index is 0.268. The van der Waals surface area contributed by atoms with Gasteiger partial charge in [-0.1, -0.05) is 13.3 Å². The molecule has 1 aliphatic heterocycles. The summed E-state index contributed by atoms with van der Waals surface area (Å²) in [6, 6.07) is 0. The summed E-state index contributed by atoms with van der Waals surface area (Å²) < 4.78 is 5.36. The molecular weight excluding hydrogens is 228 g/mol.